The highest BCUT2D eigenvalue weighted by Crippen LogP contribution is 2.17. The van der Waals surface area contributed by atoms with Gasteiger partial charge in [-0.1, -0.05) is 6.07 Å². The van der Waals surface area contributed by atoms with Gasteiger partial charge in [0.15, 0.2) is 5.78 Å². The van der Waals surface area contributed by atoms with Crippen LogP contribution in [0, 0.1) is 5.82 Å². The number of carbonyl (C=O) groups is 1. The van der Waals surface area contributed by atoms with Crippen molar-refractivity contribution < 1.29 is 13.9 Å². The number of ketones is 1. The molecule has 1 aromatic rings. The Hall–Kier alpha value is -0.740. The van der Waals surface area contributed by atoms with Gasteiger partial charge in [0.1, 0.15) is 12.4 Å². The number of Topliss-reactive ketones (excluding diaryl/α,β-unsaturated/α-hetero) is 1. The van der Waals surface area contributed by atoms with Crippen LogP contribution in [0.15, 0.2) is 22.7 Å². The first-order chi connectivity index (χ1) is 7.13. The standard InChI is InChI=1S/C11H12BrFO2/c1-15-7-9(14)4-2-8-3-5-11(13)10(12)6-8/h3,5-6H,2,4,7H2,1H3. The third-order valence-corrected chi connectivity index (χ3v) is 2.59. The predicted molar refractivity (Wildman–Crippen MR) is 59.3 cm³/mol. The summed E-state index contributed by atoms with van der Waals surface area (Å²) in [6.07, 6.45) is 1.03. The Morgan fingerprint density at radius 3 is 2.87 bits per heavy atom. The highest BCUT2D eigenvalue weighted by atomic mass is 79.9. The molecule has 0 fully saturated rings. The first-order valence-corrected chi connectivity index (χ1v) is 5.37. The molecule has 0 N–H and O–H groups in total. The van der Waals surface area contributed by atoms with Gasteiger partial charge in [-0.2, -0.15) is 0 Å². The monoisotopic (exact) mass is 274 g/mol. The number of carbonyl (C=O) groups excluding carboxylic acids is 1. The minimum atomic E-state index is -0.290. The smallest absolute Gasteiger partial charge is 0.158 e. The van der Waals surface area contributed by atoms with Crippen LogP contribution in [-0.2, 0) is 16.0 Å². The quantitative estimate of drug-likeness (QED) is 0.826. The summed E-state index contributed by atoms with van der Waals surface area (Å²) in [5, 5.41) is 0. The Morgan fingerprint density at radius 2 is 2.27 bits per heavy atom. The van der Waals surface area contributed by atoms with Crippen molar-refractivity contribution in [3.8, 4) is 0 Å². The van der Waals surface area contributed by atoms with Crippen molar-refractivity contribution in [3.63, 3.8) is 0 Å². The first kappa shape index (κ1) is 12.3. The minimum absolute atomic E-state index is 0.0537. The third kappa shape index (κ3) is 4.10. The third-order valence-electron chi connectivity index (χ3n) is 1.98. The topological polar surface area (TPSA) is 26.3 Å². The van der Waals surface area contributed by atoms with E-state index >= 15 is 0 Å². The van der Waals surface area contributed by atoms with Crippen molar-refractivity contribution in [1.82, 2.24) is 0 Å². The number of benzene rings is 1. The number of hydrogen-bond acceptors (Lipinski definition) is 2. The summed E-state index contributed by atoms with van der Waals surface area (Å²) < 4.78 is 18.0. The Bertz CT molecular complexity index is 352. The van der Waals surface area contributed by atoms with Gasteiger partial charge in [0.2, 0.25) is 0 Å². The lowest BCUT2D eigenvalue weighted by atomic mass is 10.1. The Balaban J connectivity index is 2.51. The number of ether oxygens (including phenoxy) is 1. The maximum Gasteiger partial charge on any atom is 0.158 e. The van der Waals surface area contributed by atoms with E-state index < -0.39 is 0 Å². The lowest BCUT2D eigenvalue weighted by Gasteiger charge is -2.02. The Labute approximate surface area is 96.6 Å². The van der Waals surface area contributed by atoms with Gasteiger partial charge in [0.05, 0.1) is 4.47 Å². The molecule has 0 unspecified atom stereocenters. The van der Waals surface area contributed by atoms with E-state index in [-0.39, 0.29) is 18.2 Å². The van der Waals surface area contributed by atoms with Crippen LogP contribution in [0.3, 0.4) is 0 Å². The summed E-state index contributed by atoms with van der Waals surface area (Å²) in [5.41, 5.74) is 0.938. The molecule has 0 aliphatic rings. The molecule has 0 radical (unpaired) electrons. The van der Waals surface area contributed by atoms with Crippen molar-refractivity contribution in [2.75, 3.05) is 13.7 Å². The summed E-state index contributed by atoms with van der Waals surface area (Å²) >= 11 is 3.10. The molecule has 0 aliphatic carbocycles. The lowest BCUT2D eigenvalue weighted by molar-refractivity contribution is -0.122. The van der Waals surface area contributed by atoms with Gasteiger partial charge in [0, 0.05) is 13.5 Å². The summed E-state index contributed by atoms with van der Waals surface area (Å²) in [6.45, 7) is 0.141. The van der Waals surface area contributed by atoms with Gasteiger partial charge in [-0.25, -0.2) is 4.39 Å². The number of rotatable bonds is 5. The van der Waals surface area contributed by atoms with Crippen molar-refractivity contribution in [2.45, 2.75) is 12.8 Å². The van der Waals surface area contributed by atoms with Crippen LogP contribution in [0.1, 0.15) is 12.0 Å². The molecule has 0 aliphatic heterocycles. The van der Waals surface area contributed by atoms with Gasteiger partial charge >= 0.3 is 0 Å². The largest absolute Gasteiger partial charge is 0.377 e. The van der Waals surface area contributed by atoms with Crippen molar-refractivity contribution in [1.29, 1.82) is 0 Å². The van der Waals surface area contributed by atoms with E-state index in [1.807, 2.05) is 0 Å². The van der Waals surface area contributed by atoms with E-state index in [4.69, 9.17) is 4.74 Å². The van der Waals surface area contributed by atoms with E-state index in [1.165, 1.54) is 13.2 Å². The maximum absolute atomic E-state index is 12.9. The number of aryl methyl sites for hydroxylation is 1. The van der Waals surface area contributed by atoms with Gasteiger partial charge in [-0.3, -0.25) is 4.79 Å². The van der Waals surface area contributed by atoms with Crippen LogP contribution >= 0.6 is 15.9 Å². The predicted octanol–water partition coefficient (Wildman–Crippen LogP) is 2.74. The second-order valence-corrected chi connectivity index (χ2v) is 4.07. The lowest BCUT2D eigenvalue weighted by Crippen LogP contribution is -2.07. The van der Waals surface area contributed by atoms with Crippen LogP contribution in [0.5, 0.6) is 0 Å². The molecule has 0 bridgehead atoms. The second-order valence-electron chi connectivity index (χ2n) is 3.22. The zero-order chi connectivity index (χ0) is 11.3. The molecule has 1 rings (SSSR count). The van der Waals surface area contributed by atoms with E-state index in [9.17, 15) is 9.18 Å². The number of methoxy groups -OCH3 is 1. The molecule has 0 saturated heterocycles. The Kier molecular flexibility index (Phi) is 4.91. The molecular weight excluding hydrogens is 263 g/mol. The number of halogens is 2. The molecule has 0 amide bonds. The van der Waals surface area contributed by atoms with E-state index in [0.29, 0.717) is 17.3 Å². The molecule has 0 saturated carbocycles. The molecule has 15 heavy (non-hydrogen) atoms. The fourth-order valence-electron chi connectivity index (χ4n) is 1.21. The summed E-state index contributed by atoms with van der Waals surface area (Å²) in [5.74, 6) is -0.236. The van der Waals surface area contributed by atoms with Crippen LogP contribution < -0.4 is 0 Å². The fourth-order valence-corrected chi connectivity index (χ4v) is 1.64. The fraction of sp³-hybridized carbons (Fsp3) is 0.364. The van der Waals surface area contributed by atoms with Crippen molar-refractivity contribution in [3.05, 3.63) is 34.1 Å². The number of hydrogen-bond donors (Lipinski definition) is 0. The van der Waals surface area contributed by atoms with Crippen LogP contribution in [-0.4, -0.2) is 19.5 Å². The molecule has 2 nitrogen and oxygen atoms in total. The molecule has 0 heterocycles. The average Bonchev–Trinajstić information content (AvgIpc) is 2.20. The molecule has 0 spiro atoms. The highest BCUT2D eigenvalue weighted by Gasteiger charge is 2.04. The minimum Gasteiger partial charge on any atom is -0.377 e. The van der Waals surface area contributed by atoms with Crippen LogP contribution in [0.25, 0.3) is 0 Å². The van der Waals surface area contributed by atoms with Crippen molar-refractivity contribution >= 4 is 21.7 Å². The SMILES string of the molecule is COCC(=O)CCc1ccc(F)c(Br)c1. The molecule has 4 heteroatoms. The average molecular weight is 275 g/mol. The molecular formula is C11H12BrFO2. The van der Waals surface area contributed by atoms with Crippen LogP contribution in [0.2, 0.25) is 0 Å². The van der Waals surface area contributed by atoms with Gasteiger partial charge in [-0.05, 0) is 40.0 Å². The zero-order valence-electron chi connectivity index (χ0n) is 8.43. The summed E-state index contributed by atoms with van der Waals surface area (Å²) in [4.78, 5) is 11.2. The van der Waals surface area contributed by atoms with E-state index in [0.717, 1.165) is 5.56 Å². The molecule has 0 aromatic heterocycles. The first-order valence-electron chi connectivity index (χ1n) is 4.58. The summed E-state index contributed by atoms with van der Waals surface area (Å²) in [6, 6.07) is 4.76. The van der Waals surface area contributed by atoms with Gasteiger partial charge in [-0.15, -0.1) is 0 Å². The molecule has 0 atom stereocenters. The maximum atomic E-state index is 12.9. The second kappa shape index (κ2) is 5.98. The highest BCUT2D eigenvalue weighted by molar-refractivity contribution is 9.10. The van der Waals surface area contributed by atoms with Gasteiger partial charge < -0.3 is 4.74 Å². The normalized spacial score (nSPS) is 10.3. The summed E-state index contributed by atoms with van der Waals surface area (Å²) in [7, 11) is 1.49. The van der Waals surface area contributed by atoms with Crippen LogP contribution in [0.4, 0.5) is 4.39 Å². The van der Waals surface area contributed by atoms with E-state index in [2.05, 4.69) is 15.9 Å². The molecule has 1 aromatic carbocycles. The van der Waals surface area contributed by atoms with Crippen molar-refractivity contribution in [2.24, 2.45) is 0 Å². The zero-order valence-corrected chi connectivity index (χ0v) is 10.0. The molecule has 82 valence electrons. The Morgan fingerprint density at radius 1 is 1.53 bits per heavy atom. The van der Waals surface area contributed by atoms with Gasteiger partial charge in [0.25, 0.3) is 0 Å². The van der Waals surface area contributed by atoms with E-state index in [1.54, 1.807) is 12.1 Å².